The molecule has 0 spiro atoms. The third kappa shape index (κ3) is 2.99. The van der Waals surface area contributed by atoms with Crippen LogP contribution in [-0.2, 0) is 4.79 Å². The molecule has 0 atom stereocenters. The number of allylic oxidation sites excluding steroid dienone is 1. The van der Waals surface area contributed by atoms with E-state index in [9.17, 15) is 4.79 Å². The highest BCUT2D eigenvalue weighted by Crippen LogP contribution is 2.36. The van der Waals surface area contributed by atoms with Crippen LogP contribution in [0.15, 0.2) is 29.2 Å². The molecule has 0 unspecified atom stereocenters. The van der Waals surface area contributed by atoms with E-state index in [0.29, 0.717) is 23.0 Å². The fourth-order valence-electron chi connectivity index (χ4n) is 1.89. The highest BCUT2D eigenvalue weighted by Gasteiger charge is 2.16. The average molecular weight is 292 g/mol. The van der Waals surface area contributed by atoms with E-state index in [4.69, 9.17) is 14.2 Å². The molecule has 1 aliphatic heterocycles. The van der Waals surface area contributed by atoms with E-state index in [-0.39, 0.29) is 5.78 Å². The molecule has 0 saturated heterocycles. The van der Waals surface area contributed by atoms with E-state index in [2.05, 4.69) is 0 Å². The molecular weight excluding hydrogens is 276 g/mol. The minimum Gasteiger partial charge on any atom is -0.496 e. The number of ketones is 1. The summed E-state index contributed by atoms with van der Waals surface area (Å²) in [5.41, 5.74) is 1.47. The Bertz CT molecular complexity index is 550. The highest BCUT2D eigenvalue weighted by molar-refractivity contribution is 8.02. The van der Waals surface area contributed by atoms with E-state index in [0.717, 1.165) is 11.1 Å². The molecule has 0 aliphatic carbocycles. The van der Waals surface area contributed by atoms with Gasteiger partial charge >= 0.3 is 0 Å². The van der Waals surface area contributed by atoms with Crippen LogP contribution in [0.3, 0.4) is 0 Å². The van der Waals surface area contributed by atoms with Crippen molar-refractivity contribution < 1.29 is 19.0 Å². The van der Waals surface area contributed by atoms with Crippen LogP contribution in [0.5, 0.6) is 17.2 Å². The number of carbonyl (C=O) groups is 1. The lowest BCUT2D eigenvalue weighted by molar-refractivity contribution is -0.111. The lowest BCUT2D eigenvalue weighted by atomic mass is 10.1. The maximum atomic E-state index is 11.8. The molecule has 1 aromatic rings. The third-order valence-corrected chi connectivity index (χ3v) is 3.75. The van der Waals surface area contributed by atoms with Gasteiger partial charge in [0.2, 0.25) is 0 Å². The minimum absolute atomic E-state index is 0.0173. The van der Waals surface area contributed by atoms with Crippen molar-refractivity contribution in [3.63, 3.8) is 0 Å². The number of thioether (sulfide) groups is 1. The van der Waals surface area contributed by atoms with Crippen molar-refractivity contribution in [3.8, 4) is 17.2 Å². The summed E-state index contributed by atoms with van der Waals surface area (Å²) in [7, 11) is 4.74. The maximum Gasteiger partial charge on any atom is 0.183 e. The maximum absolute atomic E-state index is 11.8. The molecule has 0 saturated carbocycles. The summed E-state index contributed by atoms with van der Waals surface area (Å²) in [5, 5.41) is 1.81. The number of benzene rings is 1. The monoisotopic (exact) mass is 292 g/mol. The van der Waals surface area contributed by atoms with E-state index in [1.165, 1.54) is 0 Å². The molecule has 0 fully saturated rings. The van der Waals surface area contributed by atoms with Gasteiger partial charge in [-0.3, -0.25) is 4.79 Å². The van der Waals surface area contributed by atoms with E-state index < -0.39 is 0 Å². The predicted octanol–water partition coefficient (Wildman–Crippen LogP) is 2.93. The average Bonchev–Trinajstić information content (AvgIpc) is 2.49. The Balaban J connectivity index is 2.52. The van der Waals surface area contributed by atoms with Gasteiger partial charge in [-0.05, 0) is 17.6 Å². The molecule has 0 bridgehead atoms. The first-order chi connectivity index (χ1) is 9.69. The molecule has 0 amide bonds. The summed E-state index contributed by atoms with van der Waals surface area (Å²) >= 11 is 1.58. The second kappa shape index (κ2) is 6.52. The zero-order valence-corrected chi connectivity index (χ0v) is 12.5. The molecule has 5 heteroatoms. The summed E-state index contributed by atoms with van der Waals surface area (Å²) in [6.07, 6.45) is 3.39. The Morgan fingerprint density at radius 3 is 2.25 bits per heavy atom. The van der Waals surface area contributed by atoms with Gasteiger partial charge in [0.1, 0.15) is 17.2 Å². The quantitative estimate of drug-likeness (QED) is 0.798. The van der Waals surface area contributed by atoms with Gasteiger partial charge in [0.15, 0.2) is 5.78 Å². The van der Waals surface area contributed by atoms with E-state index in [1.54, 1.807) is 51.3 Å². The summed E-state index contributed by atoms with van der Waals surface area (Å²) in [5.74, 6) is 2.53. The SMILES string of the molecule is COc1cc(OC)c(/C=C2\CSC=CC2=O)c(OC)c1. The Morgan fingerprint density at radius 2 is 1.75 bits per heavy atom. The summed E-state index contributed by atoms with van der Waals surface area (Å²) in [6.45, 7) is 0. The van der Waals surface area contributed by atoms with Crippen LogP contribution >= 0.6 is 11.8 Å². The molecule has 106 valence electrons. The van der Waals surface area contributed by atoms with Gasteiger partial charge in [-0.2, -0.15) is 0 Å². The molecule has 20 heavy (non-hydrogen) atoms. The van der Waals surface area contributed by atoms with Crippen LogP contribution in [0.25, 0.3) is 6.08 Å². The van der Waals surface area contributed by atoms with Gasteiger partial charge in [0.25, 0.3) is 0 Å². The molecule has 1 aliphatic rings. The normalized spacial score (nSPS) is 16.4. The summed E-state index contributed by atoms with van der Waals surface area (Å²) < 4.78 is 15.9. The number of hydrogen-bond donors (Lipinski definition) is 0. The topological polar surface area (TPSA) is 44.8 Å². The van der Waals surface area contributed by atoms with Crippen molar-refractivity contribution in [2.75, 3.05) is 27.1 Å². The number of ether oxygens (including phenoxy) is 3. The first kappa shape index (κ1) is 14.5. The number of rotatable bonds is 4. The third-order valence-electron chi connectivity index (χ3n) is 2.94. The van der Waals surface area contributed by atoms with Crippen LogP contribution in [-0.4, -0.2) is 32.9 Å². The Kier molecular flexibility index (Phi) is 4.74. The van der Waals surface area contributed by atoms with Gasteiger partial charge in [-0.25, -0.2) is 0 Å². The van der Waals surface area contributed by atoms with Gasteiger partial charge in [-0.15, -0.1) is 11.8 Å². The Labute approximate surface area is 122 Å². The second-order valence-electron chi connectivity index (χ2n) is 4.09. The van der Waals surface area contributed by atoms with Crippen molar-refractivity contribution >= 4 is 23.6 Å². The largest absolute Gasteiger partial charge is 0.496 e. The molecular formula is C15H16O4S. The Morgan fingerprint density at radius 1 is 1.10 bits per heavy atom. The second-order valence-corrected chi connectivity index (χ2v) is 4.99. The number of carbonyl (C=O) groups excluding carboxylic acids is 1. The lowest BCUT2D eigenvalue weighted by Crippen LogP contribution is -2.05. The number of hydrogen-bond acceptors (Lipinski definition) is 5. The van der Waals surface area contributed by atoms with Gasteiger partial charge in [0.05, 0.1) is 26.9 Å². The van der Waals surface area contributed by atoms with Gasteiger partial charge in [-0.1, -0.05) is 0 Å². The lowest BCUT2D eigenvalue weighted by Gasteiger charge is -2.14. The smallest absolute Gasteiger partial charge is 0.183 e. The summed E-state index contributed by atoms with van der Waals surface area (Å²) in [6, 6.07) is 3.54. The zero-order chi connectivity index (χ0) is 14.5. The molecule has 1 aromatic carbocycles. The van der Waals surface area contributed by atoms with Crippen LogP contribution < -0.4 is 14.2 Å². The molecule has 0 radical (unpaired) electrons. The first-order valence-corrected chi connectivity index (χ1v) is 7.07. The van der Waals surface area contributed by atoms with Gasteiger partial charge < -0.3 is 14.2 Å². The minimum atomic E-state index is 0.0173. The molecule has 4 nitrogen and oxygen atoms in total. The Hall–Kier alpha value is -1.88. The zero-order valence-electron chi connectivity index (χ0n) is 11.6. The summed E-state index contributed by atoms with van der Waals surface area (Å²) in [4.78, 5) is 11.8. The first-order valence-electron chi connectivity index (χ1n) is 6.02. The molecule has 0 aromatic heterocycles. The van der Waals surface area contributed by atoms with E-state index in [1.807, 2.05) is 11.5 Å². The standard InChI is InChI=1S/C15H16O4S/c1-17-11-7-14(18-2)12(15(8-11)19-3)6-10-9-20-5-4-13(10)16/h4-8H,9H2,1-3H3/b10-6+. The van der Waals surface area contributed by atoms with Crippen molar-refractivity contribution in [2.45, 2.75) is 0 Å². The molecule has 1 heterocycles. The highest BCUT2D eigenvalue weighted by atomic mass is 32.2. The fraction of sp³-hybridized carbons (Fsp3) is 0.267. The van der Waals surface area contributed by atoms with Crippen LogP contribution in [0.4, 0.5) is 0 Å². The molecule has 0 N–H and O–H groups in total. The number of methoxy groups -OCH3 is 3. The van der Waals surface area contributed by atoms with Crippen LogP contribution in [0.1, 0.15) is 5.56 Å². The van der Waals surface area contributed by atoms with Crippen LogP contribution in [0, 0.1) is 0 Å². The predicted molar refractivity (Wildman–Crippen MR) is 80.7 cm³/mol. The van der Waals surface area contributed by atoms with Crippen LogP contribution in [0.2, 0.25) is 0 Å². The van der Waals surface area contributed by atoms with Crippen molar-refractivity contribution in [1.29, 1.82) is 0 Å². The van der Waals surface area contributed by atoms with Crippen molar-refractivity contribution in [3.05, 3.63) is 34.8 Å². The van der Waals surface area contributed by atoms with Gasteiger partial charge in [0, 0.05) is 23.5 Å². The van der Waals surface area contributed by atoms with Crippen molar-refractivity contribution in [2.24, 2.45) is 0 Å². The molecule has 2 rings (SSSR count). The fourth-order valence-corrected chi connectivity index (χ4v) is 2.61. The van der Waals surface area contributed by atoms with Crippen molar-refractivity contribution in [1.82, 2.24) is 0 Å². The van der Waals surface area contributed by atoms with E-state index >= 15 is 0 Å².